The number of nitrogens with zero attached hydrogens (tertiary/aromatic N) is 2. The number of imide groups is 1. The molecule has 0 bridgehead atoms. The first kappa shape index (κ1) is 14.3. The highest BCUT2D eigenvalue weighted by atomic mass is 16.2. The number of aromatic nitrogens is 1. The van der Waals surface area contributed by atoms with Crippen molar-refractivity contribution in [2.24, 2.45) is 0 Å². The van der Waals surface area contributed by atoms with Crippen molar-refractivity contribution in [1.29, 1.82) is 0 Å². The number of benzene rings is 1. The summed E-state index contributed by atoms with van der Waals surface area (Å²) in [4.78, 5) is 30.0. The van der Waals surface area contributed by atoms with Gasteiger partial charge in [-0.05, 0) is 24.1 Å². The molecular formula is C17H17N3O2. The standard InChI is InChI=1S/C17H17N3O2/c1-12-14(8-5-9-18-12)11-20-16(21)15(19-17(20)22)10-13-6-3-2-4-7-13/h2-9,15H,10-11H2,1H3,(H,19,22). The van der Waals surface area contributed by atoms with E-state index in [1.807, 2.05) is 49.4 Å². The fraction of sp³-hybridized carbons (Fsp3) is 0.235. The van der Waals surface area contributed by atoms with E-state index in [0.717, 1.165) is 16.8 Å². The SMILES string of the molecule is Cc1ncccc1CN1C(=O)NC(Cc2ccccc2)C1=O. The van der Waals surface area contributed by atoms with Crippen LogP contribution < -0.4 is 5.32 Å². The van der Waals surface area contributed by atoms with E-state index in [9.17, 15) is 9.59 Å². The number of carbonyl (C=O) groups excluding carboxylic acids is 2. The van der Waals surface area contributed by atoms with Gasteiger partial charge in [0.2, 0.25) is 0 Å². The summed E-state index contributed by atoms with van der Waals surface area (Å²) >= 11 is 0. The predicted octanol–water partition coefficient (Wildman–Crippen LogP) is 2.05. The zero-order valence-corrected chi connectivity index (χ0v) is 12.3. The molecule has 0 radical (unpaired) electrons. The summed E-state index contributed by atoms with van der Waals surface area (Å²) in [5.74, 6) is -0.183. The van der Waals surface area contributed by atoms with Crippen molar-refractivity contribution < 1.29 is 9.59 Å². The van der Waals surface area contributed by atoms with E-state index in [1.54, 1.807) is 6.20 Å². The van der Waals surface area contributed by atoms with Crippen LogP contribution >= 0.6 is 0 Å². The average molecular weight is 295 g/mol. The van der Waals surface area contributed by atoms with Crippen molar-refractivity contribution in [3.05, 3.63) is 65.5 Å². The number of rotatable bonds is 4. The van der Waals surface area contributed by atoms with Gasteiger partial charge in [-0.2, -0.15) is 0 Å². The molecule has 2 aromatic rings. The highest BCUT2D eigenvalue weighted by Gasteiger charge is 2.37. The lowest BCUT2D eigenvalue weighted by molar-refractivity contribution is -0.127. The Labute approximate surface area is 129 Å². The Morgan fingerprint density at radius 2 is 1.91 bits per heavy atom. The van der Waals surface area contributed by atoms with Gasteiger partial charge in [0, 0.05) is 18.3 Å². The van der Waals surface area contributed by atoms with Crippen LogP contribution in [0.5, 0.6) is 0 Å². The molecule has 1 aliphatic heterocycles. The molecule has 0 aliphatic carbocycles. The van der Waals surface area contributed by atoms with Gasteiger partial charge in [0.05, 0.1) is 6.54 Å². The summed E-state index contributed by atoms with van der Waals surface area (Å²) in [6.07, 6.45) is 2.21. The summed E-state index contributed by atoms with van der Waals surface area (Å²) in [7, 11) is 0. The maximum Gasteiger partial charge on any atom is 0.325 e. The van der Waals surface area contributed by atoms with Crippen LogP contribution in [0.15, 0.2) is 48.7 Å². The second kappa shape index (κ2) is 5.97. The van der Waals surface area contributed by atoms with Crippen molar-refractivity contribution in [3.8, 4) is 0 Å². The molecule has 5 heteroatoms. The predicted molar refractivity (Wildman–Crippen MR) is 82.0 cm³/mol. The van der Waals surface area contributed by atoms with Crippen LogP contribution in [0.1, 0.15) is 16.8 Å². The van der Waals surface area contributed by atoms with Crippen molar-refractivity contribution >= 4 is 11.9 Å². The van der Waals surface area contributed by atoms with Crippen LogP contribution in [0.25, 0.3) is 0 Å². The second-order valence-corrected chi connectivity index (χ2v) is 5.36. The van der Waals surface area contributed by atoms with Crippen molar-refractivity contribution in [1.82, 2.24) is 15.2 Å². The molecule has 1 unspecified atom stereocenters. The van der Waals surface area contributed by atoms with E-state index in [2.05, 4.69) is 10.3 Å². The van der Waals surface area contributed by atoms with E-state index < -0.39 is 6.04 Å². The first-order chi connectivity index (χ1) is 10.6. The highest BCUT2D eigenvalue weighted by molar-refractivity contribution is 6.04. The van der Waals surface area contributed by atoms with Gasteiger partial charge in [-0.15, -0.1) is 0 Å². The van der Waals surface area contributed by atoms with E-state index in [4.69, 9.17) is 0 Å². The fourth-order valence-electron chi connectivity index (χ4n) is 2.57. The minimum Gasteiger partial charge on any atom is -0.325 e. The smallest absolute Gasteiger partial charge is 0.325 e. The van der Waals surface area contributed by atoms with Crippen LogP contribution in [0.3, 0.4) is 0 Å². The molecule has 0 spiro atoms. The first-order valence-electron chi connectivity index (χ1n) is 7.21. The molecule has 1 aliphatic rings. The third-order valence-corrected chi connectivity index (χ3v) is 3.83. The van der Waals surface area contributed by atoms with Gasteiger partial charge >= 0.3 is 6.03 Å². The summed E-state index contributed by atoms with van der Waals surface area (Å²) < 4.78 is 0. The maximum absolute atomic E-state index is 12.5. The summed E-state index contributed by atoms with van der Waals surface area (Å²) in [5.41, 5.74) is 2.74. The molecule has 1 aromatic carbocycles. The number of amides is 3. The van der Waals surface area contributed by atoms with Crippen molar-refractivity contribution in [2.45, 2.75) is 25.9 Å². The number of aryl methyl sites for hydroxylation is 1. The molecule has 112 valence electrons. The number of hydrogen-bond acceptors (Lipinski definition) is 3. The quantitative estimate of drug-likeness (QED) is 0.878. The maximum atomic E-state index is 12.5. The Bertz CT molecular complexity index is 700. The Hall–Kier alpha value is -2.69. The highest BCUT2D eigenvalue weighted by Crippen LogP contribution is 2.16. The molecule has 1 saturated heterocycles. The van der Waals surface area contributed by atoms with Crippen LogP contribution in [-0.2, 0) is 17.8 Å². The Morgan fingerprint density at radius 3 is 2.64 bits per heavy atom. The molecular weight excluding hydrogens is 278 g/mol. The molecule has 0 saturated carbocycles. The normalized spacial score (nSPS) is 17.7. The van der Waals surface area contributed by atoms with E-state index >= 15 is 0 Å². The topological polar surface area (TPSA) is 62.3 Å². The third-order valence-electron chi connectivity index (χ3n) is 3.83. The number of pyridine rings is 1. The summed E-state index contributed by atoms with van der Waals surface area (Å²) in [6.45, 7) is 2.13. The Morgan fingerprint density at radius 1 is 1.14 bits per heavy atom. The van der Waals surface area contributed by atoms with Gasteiger partial charge in [0.25, 0.3) is 5.91 Å². The summed E-state index contributed by atoms with van der Waals surface area (Å²) in [6, 6.07) is 12.5. The minimum atomic E-state index is -0.494. The van der Waals surface area contributed by atoms with Crippen LogP contribution in [0.2, 0.25) is 0 Å². The largest absolute Gasteiger partial charge is 0.325 e. The Balaban J connectivity index is 1.73. The molecule has 2 heterocycles. The molecule has 1 atom stereocenters. The number of carbonyl (C=O) groups is 2. The minimum absolute atomic E-state index is 0.183. The molecule has 3 amide bonds. The molecule has 3 rings (SSSR count). The second-order valence-electron chi connectivity index (χ2n) is 5.36. The average Bonchev–Trinajstić information content (AvgIpc) is 2.78. The lowest BCUT2D eigenvalue weighted by Gasteiger charge is -2.14. The molecule has 22 heavy (non-hydrogen) atoms. The van der Waals surface area contributed by atoms with Gasteiger partial charge in [-0.1, -0.05) is 36.4 Å². The Kier molecular flexibility index (Phi) is 3.87. The van der Waals surface area contributed by atoms with E-state index in [0.29, 0.717) is 6.42 Å². The van der Waals surface area contributed by atoms with Gasteiger partial charge < -0.3 is 5.32 Å². The van der Waals surface area contributed by atoms with Crippen LogP contribution in [0, 0.1) is 6.92 Å². The molecule has 1 N–H and O–H groups in total. The van der Waals surface area contributed by atoms with Crippen LogP contribution in [0.4, 0.5) is 4.79 Å². The van der Waals surface area contributed by atoms with Crippen molar-refractivity contribution in [2.75, 3.05) is 0 Å². The first-order valence-corrected chi connectivity index (χ1v) is 7.21. The van der Waals surface area contributed by atoms with Gasteiger partial charge in [-0.3, -0.25) is 14.7 Å². The lowest BCUT2D eigenvalue weighted by atomic mass is 10.1. The summed E-state index contributed by atoms with van der Waals surface area (Å²) in [5, 5.41) is 2.76. The molecule has 5 nitrogen and oxygen atoms in total. The number of nitrogens with one attached hydrogen (secondary N) is 1. The molecule has 1 fully saturated rings. The van der Waals surface area contributed by atoms with Gasteiger partial charge in [-0.25, -0.2) is 4.79 Å². The van der Waals surface area contributed by atoms with Gasteiger partial charge in [0.1, 0.15) is 6.04 Å². The van der Waals surface area contributed by atoms with E-state index in [1.165, 1.54) is 4.90 Å². The van der Waals surface area contributed by atoms with Crippen molar-refractivity contribution in [3.63, 3.8) is 0 Å². The zero-order chi connectivity index (χ0) is 15.5. The monoisotopic (exact) mass is 295 g/mol. The van der Waals surface area contributed by atoms with E-state index in [-0.39, 0.29) is 18.5 Å². The zero-order valence-electron chi connectivity index (χ0n) is 12.3. The molecule has 1 aromatic heterocycles. The van der Waals surface area contributed by atoms with Crippen LogP contribution in [-0.4, -0.2) is 27.9 Å². The number of hydrogen-bond donors (Lipinski definition) is 1. The fourth-order valence-corrected chi connectivity index (χ4v) is 2.57. The number of urea groups is 1. The lowest BCUT2D eigenvalue weighted by Crippen LogP contribution is -2.32. The third kappa shape index (κ3) is 2.83. The van der Waals surface area contributed by atoms with Gasteiger partial charge in [0.15, 0.2) is 0 Å².